The van der Waals surface area contributed by atoms with Crippen molar-refractivity contribution in [3.63, 3.8) is 0 Å². The lowest BCUT2D eigenvalue weighted by molar-refractivity contribution is -0.677. The molecule has 0 radical (unpaired) electrons. The van der Waals surface area contributed by atoms with Crippen molar-refractivity contribution in [1.82, 2.24) is 4.57 Å². The molecule has 1 aromatic heterocycles. The highest BCUT2D eigenvalue weighted by molar-refractivity contribution is 7.78. The normalized spacial score (nSPS) is 8.54. The predicted octanol–water partition coefficient (Wildman–Crippen LogP) is 1.69. The Labute approximate surface area is 84.5 Å². The Morgan fingerprint density at radius 1 is 1.69 bits per heavy atom. The zero-order chi connectivity index (χ0) is 10.3. The molecule has 0 aliphatic heterocycles. The lowest BCUT2D eigenvalue weighted by Crippen LogP contribution is -2.29. The summed E-state index contributed by atoms with van der Waals surface area (Å²) in [5, 5.41) is 8.47. The number of isothiocyanates is 1. The monoisotopic (exact) mass is 197 g/mol. The van der Waals surface area contributed by atoms with Gasteiger partial charge in [-0.15, -0.1) is 0 Å². The van der Waals surface area contributed by atoms with Crippen LogP contribution in [0.5, 0.6) is 0 Å². The van der Waals surface area contributed by atoms with E-state index in [2.05, 4.69) is 54.6 Å². The summed E-state index contributed by atoms with van der Waals surface area (Å²) < 4.78 is 4.40. The summed E-state index contributed by atoms with van der Waals surface area (Å²) in [6, 6.07) is 0. The van der Waals surface area contributed by atoms with Crippen molar-refractivity contribution in [2.75, 3.05) is 0 Å². The topological polar surface area (TPSA) is 31.1 Å². The third kappa shape index (κ3) is 3.97. The van der Waals surface area contributed by atoms with Crippen molar-refractivity contribution in [3.8, 4) is 0 Å². The van der Waals surface area contributed by atoms with E-state index in [4.69, 9.17) is 5.41 Å². The summed E-state index contributed by atoms with van der Waals surface area (Å²) in [5.74, 6) is 1.32. The number of aryl methyl sites for hydroxylation is 2. The molecule has 1 heterocycles. The van der Waals surface area contributed by atoms with Crippen LogP contribution < -0.4 is 4.57 Å². The van der Waals surface area contributed by atoms with E-state index >= 15 is 0 Å². The number of hydrogen-bond acceptors (Lipinski definition) is 1. The van der Waals surface area contributed by atoms with Gasteiger partial charge in [-0.1, -0.05) is 19.1 Å². The minimum atomic E-state index is 1.13. The van der Waals surface area contributed by atoms with Gasteiger partial charge in [0.2, 0.25) is 0 Å². The van der Waals surface area contributed by atoms with Gasteiger partial charge in [-0.05, 0) is 6.42 Å². The Kier molecular flexibility index (Phi) is 6.02. The number of aromatic nitrogens is 2. The van der Waals surface area contributed by atoms with Crippen molar-refractivity contribution >= 4 is 17.4 Å². The Hall–Kier alpha value is -0.990. The fourth-order valence-electron chi connectivity index (χ4n) is 1.08. The number of nitrogens with zero attached hydrogens (tertiary/aromatic N) is 3. The maximum atomic E-state index is 7.13. The summed E-state index contributed by atoms with van der Waals surface area (Å²) in [6.07, 6.45) is 5.42. The SMILES string of the molecule is CCCn1cc[n+](C)c1C.[N-]=C=S. The predicted molar refractivity (Wildman–Crippen MR) is 56.6 cm³/mol. The van der Waals surface area contributed by atoms with Gasteiger partial charge in [-0.2, -0.15) is 5.16 Å². The second kappa shape index (κ2) is 6.52. The lowest BCUT2D eigenvalue weighted by Gasteiger charge is -1.93. The minimum absolute atomic E-state index is 1.13. The molecule has 0 unspecified atom stereocenters. The molecule has 13 heavy (non-hydrogen) atoms. The number of hydrogen-bond donors (Lipinski definition) is 0. The Balaban J connectivity index is 0.000000424. The molecule has 4 heteroatoms. The van der Waals surface area contributed by atoms with Crippen LogP contribution in [0.4, 0.5) is 0 Å². The van der Waals surface area contributed by atoms with Gasteiger partial charge in [0.15, 0.2) is 0 Å². The van der Waals surface area contributed by atoms with Crippen LogP contribution in [0.15, 0.2) is 12.4 Å². The Morgan fingerprint density at radius 3 is 2.54 bits per heavy atom. The number of thiocarbonyl (C=S) groups is 1. The zero-order valence-corrected chi connectivity index (χ0v) is 9.14. The van der Waals surface area contributed by atoms with Gasteiger partial charge in [0.05, 0.1) is 13.6 Å². The van der Waals surface area contributed by atoms with E-state index in [1.54, 1.807) is 0 Å². The van der Waals surface area contributed by atoms with Crippen LogP contribution in [-0.4, -0.2) is 9.73 Å². The molecule has 1 aromatic rings. The molecule has 0 bridgehead atoms. The van der Waals surface area contributed by atoms with Crippen molar-refractivity contribution in [1.29, 1.82) is 0 Å². The maximum Gasteiger partial charge on any atom is 0.253 e. The zero-order valence-electron chi connectivity index (χ0n) is 8.32. The van der Waals surface area contributed by atoms with Crippen LogP contribution in [0.25, 0.3) is 5.41 Å². The Bertz CT molecular complexity index is 285. The second-order valence-corrected chi connectivity index (χ2v) is 2.92. The highest BCUT2D eigenvalue weighted by Crippen LogP contribution is 1.93. The van der Waals surface area contributed by atoms with Crippen LogP contribution in [0.1, 0.15) is 19.2 Å². The van der Waals surface area contributed by atoms with E-state index < -0.39 is 0 Å². The van der Waals surface area contributed by atoms with Gasteiger partial charge in [0.1, 0.15) is 12.4 Å². The second-order valence-electron chi connectivity index (χ2n) is 2.74. The number of rotatable bonds is 2. The summed E-state index contributed by atoms with van der Waals surface area (Å²) >= 11 is 3.70. The molecule has 0 saturated heterocycles. The van der Waals surface area contributed by atoms with Crippen molar-refractivity contribution in [2.45, 2.75) is 26.8 Å². The Morgan fingerprint density at radius 2 is 2.23 bits per heavy atom. The third-order valence-corrected chi connectivity index (χ3v) is 1.86. The molecule has 0 aromatic carbocycles. The number of imidazole rings is 1. The average molecular weight is 197 g/mol. The first-order valence-corrected chi connectivity index (χ1v) is 4.60. The quantitative estimate of drug-likeness (QED) is 0.403. The van der Waals surface area contributed by atoms with Gasteiger partial charge in [-0.3, -0.25) is 0 Å². The molecular formula is C9H15N3S. The van der Waals surface area contributed by atoms with Crippen molar-refractivity contribution < 1.29 is 4.57 Å². The molecule has 0 aliphatic rings. The highest BCUT2D eigenvalue weighted by Gasteiger charge is 2.05. The molecule has 3 nitrogen and oxygen atoms in total. The van der Waals surface area contributed by atoms with Crippen molar-refractivity contribution in [3.05, 3.63) is 23.6 Å². The van der Waals surface area contributed by atoms with E-state index in [1.807, 2.05) is 0 Å². The highest BCUT2D eigenvalue weighted by atomic mass is 32.1. The standard InChI is InChI=1S/C8H15N2.CNS/c1-4-5-10-7-6-9(3)8(10)2;2-1-3/h6-7H,4-5H2,1-3H3;/q+1;-1. The molecule has 0 aliphatic carbocycles. The van der Waals surface area contributed by atoms with Gasteiger partial charge in [0.25, 0.3) is 5.82 Å². The fraction of sp³-hybridized carbons (Fsp3) is 0.556. The summed E-state index contributed by atoms with van der Waals surface area (Å²) in [7, 11) is 2.07. The van der Waals surface area contributed by atoms with Crippen LogP contribution in [-0.2, 0) is 13.6 Å². The van der Waals surface area contributed by atoms with Crippen LogP contribution in [0, 0.1) is 6.92 Å². The molecule has 0 amide bonds. The maximum absolute atomic E-state index is 7.13. The van der Waals surface area contributed by atoms with E-state index in [-0.39, 0.29) is 0 Å². The molecule has 0 saturated carbocycles. The molecule has 0 atom stereocenters. The van der Waals surface area contributed by atoms with E-state index in [1.165, 1.54) is 17.4 Å². The van der Waals surface area contributed by atoms with Gasteiger partial charge < -0.3 is 5.41 Å². The van der Waals surface area contributed by atoms with Crippen molar-refractivity contribution in [2.24, 2.45) is 7.05 Å². The summed E-state index contributed by atoms with van der Waals surface area (Å²) in [4.78, 5) is 0. The van der Waals surface area contributed by atoms with E-state index in [9.17, 15) is 0 Å². The third-order valence-electron chi connectivity index (χ3n) is 1.86. The molecular weight excluding hydrogens is 182 g/mol. The largest absolute Gasteiger partial charge is 0.753 e. The summed E-state index contributed by atoms with van der Waals surface area (Å²) in [5.41, 5.74) is 0. The fourth-order valence-corrected chi connectivity index (χ4v) is 1.08. The smallest absolute Gasteiger partial charge is 0.253 e. The molecule has 0 N–H and O–H groups in total. The lowest BCUT2D eigenvalue weighted by atomic mass is 10.5. The van der Waals surface area contributed by atoms with Gasteiger partial charge >= 0.3 is 0 Å². The molecule has 72 valence electrons. The van der Waals surface area contributed by atoms with Gasteiger partial charge in [-0.25, -0.2) is 9.13 Å². The summed E-state index contributed by atoms with van der Waals surface area (Å²) in [6.45, 7) is 5.46. The van der Waals surface area contributed by atoms with E-state index in [0.717, 1.165) is 6.54 Å². The van der Waals surface area contributed by atoms with Gasteiger partial charge in [0, 0.05) is 6.92 Å². The van der Waals surface area contributed by atoms with Crippen LogP contribution in [0.2, 0.25) is 0 Å². The molecule has 0 spiro atoms. The molecule has 0 fully saturated rings. The first kappa shape index (κ1) is 12.0. The van der Waals surface area contributed by atoms with E-state index in [0.29, 0.717) is 0 Å². The molecule has 1 rings (SSSR count). The first-order valence-electron chi connectivity index (χ1n) is 4.20. The minimum Gasteiger partial charge on any atom is -0.753 e. The first-order chi connectivity index (χ1) is 6.17. The average Bonchev–Trinajstić information content (AvgIpc) is 2.38. The van der Waals surface area contributed by atoms with Crippen LogP contribution >= 0.6 is 12.2 Å². The van der Waals surface area contributed by atoms with Crippen LogP contribution in [0.3, 0.4) is 0 Å².